The average Bonchev–Trinajstić information content (AvgIpc) is 2.65. The van der Waals surface area contributed by atoms with E-state index in [-0.39, 0.29) is 0 Å². The summed E-state index contributed by atoms with van der Waals surface area (Å²) in [6.07, 6.45) is 0.338. The molecule has 25 heavy (non-hydrogen) atoms. The third kappa shape index (κ3) is 4.33. The molecule has 0 unspecified atom stereocenters. The Morgan fingerprint density at radius 2 is 1.24 bits per heavy atom. The number of hydrogen-bond donors (Lipinski definition) is 2. The van der Waals surface area contributed by atoms with Crippen LogP contribution in [0, 0.1) is 0 Å². The molecule has 0 saturated heterocycles. The van der Waals surface area contributed by atoms with Crippen molar-refractivity contribution in [2.45, 2.75) is 12.5 Å². The third-order valence-corrected chi connectivity index (χ3v) is 6.44. The number of carboxylic acids is 1. The molecular formula is C21H20NO2P. The van der Waals surface area contributed by atoms with Crippen LogP contribution < -0.4 is 21.6 Å². The van der Waals surface area contributed by atoms with Gasteiger partial charge in [-0.05, 0) is 35.8 Å². The Labute approximate surface area is 148 Å². The molecule has 4 heteroatoms. The molecule has 0 saturated carbocycles. The predicted molar refractivity (Wildman–Crippen MR) is 104 cm³/mol. The van der Waals surface area contributed by atoms with Crippen LogP contribution in [-0.2, 0) is 11.2 Å². The lowest BCUT2D eigenvalue weighted by Gasteiger charge is -2.19. The van der Waals surface area contributed by atoms with Gasteiger partial charge in [0.2, 0.25) is 0 Å². The number of benzene rings is 3. The van der Waals surface area contributed by atoms with E-state index >= 15 is 0 Å². The van der Waals surface area contributed by atoms with Gasteiger partial charge in [-0.25, -0.2) is 0 Å². The Kier molecular flexibility index (Phi) is 5.60. The highest BCUT2D eigenvalue weighted by Crippen LogP contribution is 2.32. The van der Waals surface area contributed by atoms with Gasteiger partial charge in [0.25, 0.3) is 0 Å². The summed E-state index contributed by atoms with van der Waals surface area (Å²) in [6, 6.07) is 28.2. The van der Waals surface area contributed by atoms with Gasteiger partial charge in [-0.15, -0.1) is 0 Å². The van der Waals surface area contributed by atoms with Crippen LogP contribution in [-0.4, -0.2) is 17.1 Å². The zero-order valence-corrected chi connectivity index (χ0v) is 14.6. The molecular weight excluding hydrogens is 329 g/mol. The van der Waals surface area contributed by atoms with Crippen LogP contribution in [0.25, 0.3) is 0 Å². The van der Waals surface area contributed by atoms with Gasteiger partial charge in [-0.1, -0.05) is 84.9 Å². The van der Waals surface area contributed by atoms with Crippen LogP contribution in [0.5, 0.6) is 0 Å². The van der Waals surface area contributed by atoms with Crippen LogP contribution in [0.15, 0.2) is 84.9 Å². The number of carboxylic acid groups (broad SMARTS) is 1. The average molecular weight is 349 g/mol. The molecule has 3 aromatic carbocycles. The van der Waals surface area contributed by atoms with Gasteiger partial charge in [0, 0.05) is 0 Å². The lowest BCUT2D eigenvalue weighted by atomic mass is 10.1. The van der Waals surface area contributed by atoms with Gasteiger partial charge in [-0.3, -0.25) is 4.79 Å². The minimum atomic E-state index is -0.972. The Morgan fingerprint density at radius 1 is 0.800 bits per heavy atom. The Balaban J connectivity index is 1.93. The minimum Gasteiger partial charge on any atom is -0.480 e. The van der Waals surface area contributed by atoms with Crippen LogP contribution in [0.2, 0.25) is 0 Å². The van der Waals surface area contributed by atoms with E-state index in [4.69, 9.17) is 10.8 Å². The fraction of sp³-hybridized carbons (Fsp3) is 0.0952. The van der Waals surface area contributed by atoms with E-state index in [1.807, 2.05) is 24.3 Å². The second-order valence-corrected chi connectivity index (χ2v) is 8.04. The molecule has 0 fully saturated rings. The minimum absolute atomic E-state index is 0.338. The molecule has 1 atom stereocenters. The largest absolute Gasteiger partial charge is 0.480 e. The topological polar surface area (TPSA) is 63.3 Å². The molecule has 0 aliphatic carbocycles. The van der Waals surface area contributed by atoms with Gasteiger partial charge in [0.05, 0.1) is 0 Å². The number of carbonyl (C=O) groups is 1. The second-order valence-electron chi connectivity index (χ2n) is 5.82. The first kappa shape index (κ1) is 17.3. The maximum Gasteiger partial charge on any atom is 0.320 e. The number of nitrogens with two attached hydrogens (primary N) is 1. The maximum absolute atomic E-state index is 10.9. The van der Waals surface area contributed by atoms with E-state index in [9.17, 15) is 4.79 Å². The van der Waals surface area contributed by atoms with E-state index in [0.29, 0.717) is 6.42 Å². The lowest BCUT2D eigenvalue weighted by molar-refractivity contribution is -0.138. The van der Waals surface area contributed by atoms with E-state index in [2.05, 4.69) is 60.7 Å². The fourth-order valence-corrected chi connectivity index (χ4v) is 5.01. The molecule has 3 rings (SSSR count). The van der Waals surface area contributed by atoms with Gasteiger partial charge >= 0.3 is 5.97 Å². The third-order valence-electron chi connectivity index (χ3n) is 4.00. The van der Waals surface area contributed by atoms with Crippen molar-refractivity contribution < 1.29 is 9.90 Å². The van der Waals surface area contributed by atoms with Crippen LogP contribution in [0.1, 0.15) is 5.56 Å². The molecule has 0 radical (unpaired) electrons. The van der Waals surface area contributed by atoms with Gasteiger partial charge < -0.3 is 10.8 Å². The van der Waals surface area contributed by atoms with Crippen molar-refractivity contribution in [1.82, 2.24) is 0 Å². The number of rotatable bonds is 6. The standard InChI is InChI=1S/C21H20NO2P/c22-20(21(23)24)15-16-11-13-19(14-12-16)25(17-7-3-1-4-8-17)18-9-5-2-6-10-18/h1-14,20H,15,22H2,(H,23,24)/t20-/m0/s1. The van der Waals surface area contributed by atoms with Crippen molar-refractivity contribution in [3.8, 4) is 0 Å². The summed E-state index contributed by atoms with van der Waals surface area (Å²) in [5.41, 5.74) is 6.57. The van der Waals surface area contributed by atoms with Crippen molar-refractivity contribution in [3.05, 3.63) is 90.5 Å². The monoisotopic (exact) mass is 349 g/mol. The SMILES string of the molecule is N[C@@H](Cc1ccc(P(c2ccccc2)c2ccccc2)cc1)C(=O)O. The summed E-state index contributed by atoms with van der Waals surface area (Å²) in [4.78, 5) is 10.9. The predicted octanol–water partition coefficient (Wildman–Crippen LogP) is 2.40. The smallest absolute Gasteiger partial charge is 0.320 e. The van der Waals surface area contributed by atoms with Crippen LogP contribution >= 0.6 is 7.92 Å². The van der Waals surface area contributed by atoms with E-state index < -0.39 is 19.9 Å². The Bertz CT molecular complexity index is 780. The van der Waals surface area contributed by atoms with E-state index in [1.165, 1.54) is 15.9 Å². The van der Waals surface area contributed by atoms with Crippen molar-refractivity contribution in [1.29, 1.82) is 0 Å². The first-order chi connectivity index (χ1) is 12.1. The Hall–Kier alpha value is -2.48. The molecule has 3 N–H and O–H groups in total. The highest BCUT2D eigenvalue weighted by Gasteiger charge is 2.17. The number of aliphatic carboxylic acids is 1. The van der Waals surface area contributed by atoms with Gasteiger partial charge in [0.15, 0.2) is 0 Å². The molecule has 0 heterocycles. The highest BCUT2D eigenvalue weighted by molar-refractivity contribution is 7.79. The molecule has 126 valence electrons. The summed E-state index contributed by atoms with van der Waals surface area (Å²) in [5, 5.41) is 12.8. The highest BCUT2D eigenvalue weighted by atomic mass is 31.1. The maximum atomic E-state index is 10.9. The second kappa shape index (κ2) is 8.06. The van der Waals surface area contributed by atoms with E-state index in [1.54, 1.807) is 0 Å². The van der Waals surface area contributed by atoms with Crippen LogP contribution in [0.3, 0.4) is 0 Å². The molecule has 0 spiro atoms. The van der Waals surface area contributed by atoms with Gasteiger partial charge in [-0.2, -0.15) is 0 Å². The fourth-order valence-electron chi connectivity index (χ4n) is 2.72. The summed E-state index contributed by atoms with van der Waals surface area (Å²) < 4.78 is 0. The lowest BCUT2D eigenvalue weighted by Crippen LogP contribution is -2.32. The summed E-state index contributed by atoms with van der Waals surface area (Å²) >= 11 is 0. The molecule has 0 bridgehead atoms. The van der Waals surface area contributed by atoms with E-state index in [0.717, 1.165) is 5.56 Å². The molecule has 3 nitrogen and oxygen atoms in total. The molecule has 0 amide bonds. The quantitative estimate of drug-likeness (QED) is 0.672. The summed E-state index contributed by atoms with van der Waals surface area (Å²) in [7, 11) is -0.639. The molecule has 0 aliphatic heterocycles. The van der Waals surface area contributed by atoms with Crippen molar-refractivity contribution >= 4 is 29.8 Å². The molecule has 0 aliphatic rings. The Morgan fingerprint density at radius 3 is 1.68 bits per heavy atom. The zero-order chi connectivity index (χ0) is 17.6. The van der Waals surface area contributed by atoms with Crippen molar-refractivity contribution in [3.63, 3.8) is 0 Å². The van der Waals surface area contributed by atoms with Crippen LogP contribution in [0.4, 0.5) is 0 Å². The normalized spacial score (nSPS) is 12.1. The van der Waals surface area contributed by atoms with Crippen molar-refractivity contribution in [2.75, 3.05) is 0 Å². The molecule has 0 aromatic heterocycles. The summed E-state index contributed by atoms with van der Waals surface area (Å²) in [5.74, 6) is -0.972. The number of hydrogen-bond acceptors (Lipinski definition) is 2. The van der Waals surface area contributed by atoms with Gasteiger partial charge in [0.1, 0.15) is 6.04 Å². The van der Waals surface area contributed by atoms with Crippen molar-refractivity contribution in [2.24, 2.45) is 5.73 Å². The first-order valence-corrected chi connectivity index (χ1v) is 9.47. The first-order valence-electron chi connectivity index (χ1n) is 8.13. The molecule has 3 aromatic rings. The zero-order valence-electron chi connectivity index (χ0n) is 13.7. The summed E-state index contributed by atoms with van der Waals surface area (Å²) in [6.45, 7) is 0.